The van der Waals surface area contributed by atoms with E-state index < -0.39 is 0 Å². The molecule has 2 nitrogen and oxygen atoms in total. The molecular weight excluding hydrogens is 253 g/mol. The standard InChI is InChI=1S/C14H19ClFNO/c1-17(4-5-18-10-11-2-3-11)14-7-12(9-15)6-13(16)8-14/h6-8,11H,2-5,9-10H2,1H3. The molecule has 1 aromatic rings. The summed E-state index contributed by atoms with van der Waals surface area (Å²) in [7, 11) is 1.94. The molecule has 1 aromatic carbocycles. The van der Waals surface area contributed by atoms with E-state index in [0.717, 1.165) is 30.3 Å². The van der Waals surface area contributed by atoms with Crippen molar-refractivity contribution in [3.63, 3.8) is 0 Å². The molecule has 18 heavy (non-hydrogen) atoms. The first-order valence-electron chi connectivity index (χ1n) is 6.33. The summed E-state index contributed by atoms with van der Waals surface area (Å²) in [5, 5.41) is 0. The van der Waals surface area contributed by atoms with Gasteiger partial charge < -0.3 is 9.64 Å². The van der Waals surface area contributed by atoms with Crippen LogP contribution in [0, 0.1) is 11.7 Å². The number of benzene rings is 1. The highest BCUT2D eigenvalue weighted by Gasteiger charge is 2.20. The van der Waals surface area contributed by atoms with Crippen molar-refractivity contribution in [1.82, 2.24) is 0 Å². The fourth-order valence-corrected chi connectivity index (χ4v) is 1.95. The lowest BCUT2D eigenvalue weighted by Gasteiger charge is -2.20. The van der Waals surface area contributed by atoms with Gasteiger partial charge in [-0.3, -0.25) is 0 Å². The van der Waals surface area contributed by atoms with Gasteiger partial charge in [-0.25, -0.2) is 4.39 Å². The van der Waals surface area contributed by atoms with Crippen LogP contribution in [-0.4, -0.2) is 26.8 Å². The minimum atomic E-state index is -0.242. The summed E-state index contributed by atoms with van der Waals surface area (Å²) in [6.45, 7) is 2.31. The molecule has 1 aliphatic carbocycles. The van der Waals surface area contributed by atoms with Crippen molar-refractivity contribution in [1.29, 1.82) is 0 Å². The summed E-state index contributed by atoms with van der Waals surface area (Å²) in [6, 6.07) is 4.90. The number of nitrogens with zero attached hydrogens (tertiary/aromatic N) is 1. The van der Waals surface area contributed by atoms with Crippen LogP contribution in [0.5, 0.6) is 0 Å². The Balaban J connectivity index is 1.82. The third kappa shape index (κ3) is 4.14. The predicted octanol–water partition coefficient (Wildman–Crippen LogP) is 3.43. The van der Waals surface area contributed by atoms with Crippen LogP contribution in [-0.2, 0) is 10.6 Å². The second-order valence-electron chi connectivity index (χ2n) is 4.89. The van der Waals surface area contributed by atoms with Gasteiger partial charge in [0.1, 0.15) is 5.82 Å². The number of hydrogen-bond acceptors (Lipinski definition) is 2. The maximum atomic E-state index is 13.4. The van der Waals surface area contributed by atoms with E-state index in [0.29, 0.717) is 12.5 Å². The van der Waals surface area contributed by atoms with E-state index in [1.807, 2.05) is 18.0 Å². The quantitative estimate of drug-likeness (QED) is 0.556. The van der Waals surface area contributed by atoms with E-state index in [1.54, 1.807) is 0 Å². The summed E-state index contributed by atoms with van der Waals surface area (Å²) >= 11 is 5.73. The van der Waals surface area contributed by atoms with Crippen LogP contribution in [0.4, 0.5) is 10.1 Å². The molecular formula is C14H19ClFNO. The van der Waals surface area contributed by atoms with Crippen molar-refractivity contribution < 1.29 is 9.13 Å². The molecule has 0 spiro atoms. The summed E-state index contributed by atoms with van der Waals surface area (Å²) in [5.41, 5.74) is 1.65. The van der Waals surface area contributed by atoms with Crippen LogP contribution in [0.25, 0.3) is 0 Å². The van der Waals surface area contributed by atoms with Gasteiger partial charge in [0.15, 0.2) is 0 Å². The number of anilines is 1. The van der Waals surface area contributed by atoms with E-state index in [4.69, 9.17) is 16.3 Å². The van der Waals surface area contributed by atoms with Crippen LogP contribution in [0.15, 0.2) is 18.2 Å². The SMILES string of the molecule is CN(CCOCC1CC1)c1cc(F)cc(CCl)c1. The third-order valence-corrected chi connectivity index (χ3v) is 3.47. The molecule has 0 unspecified atom stereocenters. The Kier molecular flexibility index (Phi) is 4.84. The Morgan fingerprint density at radius 3 is 2.83 bits per heavy atom. The smallest absolute Gasteiger partial charge is 0.125 e. The first-order valence-corrected chi connectivity index (χ1v) is 6.87. The zero-order valence-corrected chi connectivity index (χ0v) is 11.4. The molecule has 1 aliphatic rings. The van der Waals surface area contributed by atoms with Crippen molar-refractivity contribution in [3.8, 4) is 0 Å². The molecule has 0 aliphatic heterocycles. The van der Waals surface area contributed by atoms with Crippen molar-refractivity contribution >= 4 is 17.3 Å². The Morgan fingerprint density at radius 1 is 1.39 bits per heavy atom. The van der Waals surface area contributed by atoms with Crippen LogP contribution >= 0.6 is 11.6 Å². The lowest BCUT2D eigenvalue weighted by atomic mass is 10.2. The van der Waals surface area contributed by atoms with Gasteiger partial charge in [-0.2, -0.15) is 0 Å². The summed E-state index contributed by atoms with van der Waals surface area (Å²) < 4.78 is 18.9. The van der Waals surface area contributed by atoms with Crippen molar-refractivity contribution in [2.45, 2.75) is 18.7 Å². The Hall–Kier alpha value is -0.800. The number of rotatable bonds is 7. The number of ether oxygens (including phenoxy) is 1. The van der Waals surface area contributed by atoms with Gasteiger partial charge in [0.25, 0.3) is 0 Å². The molecule has 0 amide bonds. The molecule has 0 heterocycles. The number of alkyl halides is 1. The van der Waals surface area contributed by atoms with E-state index in [2.05, 4.69) is 0 Å². The van der Waals surface area contributed by atoms with E-state index in [1.165, 1.54) is 25.0 Å². The summed E-state index contributed by atoms with van der Waals surface area (Å²) in [5.74, 6) is 0.873. The zero-order chi connectivity index (χ0) is 13.0. The predicted molar refractivity (Wildman–Crippen MR) is 72.8 cm³/mol. The number of hydrogen-bond donors (Lipinski definition) is 0. The minimum Gasteiger partial charge on any atom is -0.379 e. The van der Waals surface area contributed by atoms with Gasteiger partial charge >= 0.3 is 0 Å². The minimum absolute atomic E-state index is 0.242. The number of likely N-dealkylation sites (N-methyl/N-ethyl adjacent to an activating group) is 1. The summed E-state index contributed by atoms with van der Waals surface area (Å²) in [4.78, 5) is 1.99. The Bertz CT molecular complexity index is 395. The fourth-order valence-electron chi connectivity index (χ4n) is 1.80. The fraction of sp³-hybridized carbons (Fsp3) is 0.571. The molecule has 1 fully saturated rings. The molecule has 0 saturated heterocycles. The first-order chi connectivity index (χ1) is 8.69. The second kappa shape index (κ2) is 6.39. The highest BCUT2D eigenvalue weighted by atomic mass is 35.5. The van der Waals surface area contributed by atoms with Gasteiger partial charge in [-0.1, -0.05) is 0 Å². The summed E-state index contributed by atoms with van der Waals surface area (Å²) in [6.07, 6.45) is 2.61. The average Bonchev–Trinajstić information content (AvgIpc) is 3.17. The van der Waals surface area contributed by atoms with Crippen molar-refractivity contribution in [2.24, 2.45) is 5.92 Å². The normalized spacial score (nSPS) is 14.8. The number of halogens is 2. The van der Waals surface area contributed by atoms with Gasteiger partial charge in [0, 0.05) is 31.8 Å². The first kappa shape index (κ1) is 13.6. The van der Waals surface area contributed by atoms with Gasteiger partial charge in [-0.05, 0) is 42.5 Å². The molecule has 4 heteroatoms. The molecule has 2 rings (SSSR count). The van der Waals surface area contributed by atoms with Crippen LogP contribution in [0.3, 0.4) is 0 Å². The van der Waals surface area contributed by atoms with E-state index in [9.17, 15) is 4.39 Å². The molecule has 100 valence electrons. The molecule has 0 radical (unpaired) electrons. The molecule has 1 saturated carbocycles. The van der Waals surface area contributed by atoms with Crippen molar-refractivity contribution in [3.05, 3.63) is 29.6 Å². The second-order valence-corrected chi connectivity index (χ2v) is 5.16. The maximum absolute atomic E-state index is 13.4. The molecule has 0 N–H and O–H groups in total. The highest BCUT2D eigenvalue weighted by Crippen LogP contribution is 2.28. The largest absolute Gasteiger partial charge is 0.379 e. The lowest BCUT2D eigenvalue weighted by molar-refractivity contribution is 0.131. The maximum Gasteiger partial charge on any atom is 0.125 e. The third-order valence-electron chi connectivity index (χ3n) is 3.16. The zero-order valence-electron chi connectivity index (χ0n) is 10.7. The Labute approximate surface area is 113 Å². The topological polar surface area (TPSA) is 12.5 Å². The van der Waals surface area contributed by atoms with Crippen molar-refractivity contribution in [2.75, 3.05) is 31.7 Å². The average molecular weight is 272 g/mol. The molecule has 0 atom stereocenters. The van der Waals surface area contributed by atoms with E-state index in [-0.39, 0.29) is 5.82 Å². The Morgan fingerprint density at radius 2 is 2.17 bits per heavy atom. The monoisotopic (exact) mass is 271 g/mol. The highest BCUT2D eigenvalue weighted by molar-refractivity contribution is 6.17. The van der Waals surface area contributed by atoms with Crippen LogP contribution in [0.1, 0.15) is 18.4 Å². The lowest BCUT2D eigenvalue weighted by Crippen LogP contribution is -2.23. The van der Waals surface area contributed by atoms with Crippen LogP contribution in [0.2, 0.25) is 0 Å². The molecule has 0 bridgehead atoms. The van der Waals surface area contributed by atoms with Gasteiger partial charge in [-0.15, -0.1) is 11.6 Å². The molecule has 0 aromatic heterocycles. The van der Waals surface area contributed by atoms with Crippen LogP contribution < -0.4 is 4.90 Å². The van der Waals surface area contributed by atoms with Gasteiger partial charge in [0.05, 0.1) is 6.61 Å². The van der Waals surface area contributed by atoms with E-state index >= 15 is 0 Å². The van der Waals surface area contributed by atoms with Gasteiger partial charge in [0.2, 0.25) is 0 Å².